The minimum absolute atomic E-state index is 0.0351. The molecule has 0 bridgehead atoms. The average molecular weight is 282 g/mol. The van der Waals surface area contributed by atoms with Crippen LogP contribution in [0, 0.1) is 0 Å². The number of halogens is 1. The van der Waals surface area contributed by atoms with Gasteiger partial charge in [0.1, 0.15) is 0 Å². The van der Waals surface area contributed by atoms with E-state index in [1.54, 1.807) is 4.90 Å². The van der Waals surface area contributed by atoms with Gasteiger partial charge in [0.2, 0.25) is 5.78 Å². The van der Waals surface area contributed by atoms with Gasteiger partial charge in [0.05, 0.1) is 6.04 Å². The third kappa shape index (κ3) is 2.02. The largest absolute Gasteiger partial charge is 0.329 e. The zero-order chi connectivity index (χ0) is 11.7. The van der Waals surface area contributed by atoms with Gasteiger partial charge >= 0.3 is 0 Å². The van der Waals surface area contributed by atoms with Crippen LogP contribution >= 0.6 is 15.9 Å². The van der Waals surface area contributed by atoms with Gasteiger partial charge in [0, 0.05) is 17.4 Å². The fraction of sp³-hybridized carbons (Fsp3) is 0.333. The zero-order valence-corrected chi connectivity index (χ0v) is 10.5. The number of hydrogen-bond donors (Lipinski definition) is 0. The molecule has 1 heterocycles. The zero-order valence-electron chi connectivity index (χ0n) is 8.94. The van der Waals surface area contributed by atoms with Crippen LogP contribution in [0.5, 0.6) is 0 Å². The minimum atomic E-state index is -0.351. The van der Waals surface area contributed by atoms with Crippen LogP contribution in [0.15, 0.2) is 28.7 Å². The van der Waals surface area contributed by atoms with Crippen molar-refractivity contribution in [3.8, 4) is 0 Å². The highest BCUT2D eigenvalue weighted by Crippen LogP contribution is 2.25. The first kappa shape index (κ1) is 11.3. The summed E-state index contributed by atoms with van der Waals surface area (Å²) in [4.78, 5) is 24.4. The highest BCUT2D eigenvalue weighted by atomic mass is 79.9. The van der Waals surface area contributed by atoms with E-state index in [2.05, 4.69) is 15.9 Å². The van der Waals surface area contributed by atoms with Crippen molar-refractivity contribution in [1.82, 2.24) is 4.90 Å². The highest BCUT2D eigenvalue weighted by molar-refractivity contribution is 9.10. The number of carbonyl (C=O) groups is 2. The van der Waals surface area contributed by atoms with Crippen LogP contribution in [0.3, 0.4) is 0 Å². The molecule has 0 saturated carbocycles. The third-order valence-electron chi connectivity index (χ3n) is 2.90. The van der Waals surface area contributed by atoms with Gasteiger partial charge in [-0.15, -0.1) is 0 Å². The smallest absolute Gasteiger partial charge is 0.290 e. The molecule has 1 aliphatic heterocycles. The number of Topliss-reactive ketones (excluding diaryl/α,β-unsaturated/α-hetero) is 1. The Kier molecular flexibility index (Phi) is 3.10. The summed E-state index contributed by atoms with van der Waals surface area (Å²) in [6.45, 7) is 2.48. The Morgan fingerprint density at radius 3 is 2.38 bits per heavy atom. The van der Waals surface area contributed by atoms with Crippen LogP contribution in [0.2, 0.25) is 0 Å². The van der Waals surface area contributed by atoms with E-state index in [9.17, 15) is 9.59 Å². The van der Waals surface area contributed by atoms with Crippen molar-refractivity contribution in [2.24, 2.45) is 0 Å². The van der Waals surface area contributed by atoms with Crippen molar-refractivity contribution in [3.63, 3.8) is 0 Å². The van der Waals surface area contributed by atoms with E-state index in [-0.39, 0.29) is 17.7 Å². The lowest BCUT2D eigenvalue weighted by Crippen LogP contribution is -2.30. The number of hydrogen-bond acceptors (Lipinski definition) is 2. The molecule has 4 heteroatoms. The van der Waals surface area contributed by atoms with Crippen molar-refractivity contribution in [1.29, 1.82) is 0 Å². The molecule has 84 valence electrons. The molecule has 1 aliphatic rings. The normalized spacial score (nSPS) is 18.0. The molecule has 0 radical (unpaired) electrons. The van der Waals surface area contributed by atoms with Crippen LogP contribution in [-0.2, 0) is 9.59 Å². The SMILES string of the molecule is CC(c1ccc(Br)cc1)N1CCC(=O)C1=O. The van der Waals surface area contributed by atoms with Crippen LogP contribution < -0.4 is 0 Å². The third-order valence-corrected chi connectivity index (χ3v) is 3.43. The maximum Gasteiger partial charge on any atom is 0.290 e. The molecule has 1 atom stereocenters. The lowest BCUT2D eigenvalue weighted by atomic mass is 10.1. The van der Waals surface area contributed by atoms with E-state index in [0.29, 0.717) is 13.0 Å². The molecule has 0 aliphatic carbocycles. The number of benzene rings is 1. The first-order valence-corrected chi connectivity index (χ1v) is 5.98. The van der Waals surface area contributed by atoms with Crippen LogP contribution in [0.1, 0.15) is 24.9 Å². The number of rotatable bonds is 2. The van der Waals surface area contributed by atoms with Gasteiger partial charge in [-0.3, -0.25) is 9.59 Å². The first-order valence-electron chi connectivity index (χ1n) is 5.19. The monoisotopic (exact) mass is 281 g/mol. The Bertz CT molecular complexity index is 427. The highest BCUT2D eigenvalue weighted by Gasteiger charge is 2.32. The molecular weight excluding hydrogens is 270 g/mol. The van der Waals surface area contributed by atoms with E-state index in [0.717, 1.165) is 10.0 Å². The van der Waals surface area contributed by atoms with Crippen LogP contribution in [-0.4, -0.2) is 23.1 Å². The van der Waals surface area contributed by atoms with E-state index in [1.807, 2.05) is 31.2 Å². The predicted molar refractivity (Wildman–Crippen MR) is 63.9 cm³/mol. The summed E-state index contributed by atoms with van der Waals surface area (Å²) < 4.78 is 1.01. The van der Waals surface area contributed by atoms with Gasteiger partial charge < -0.3 is 4.90 Å². The van der Waals surface area contributed by atoms with Gasteiger partial charge in [0.15, 0.2) is 0 Å². The summed E-state index contributed by atoms with van der Waals surface area (Å²) in [6, 6.07) is 7.77. The molecule has 0 spiro atoms. The van der Waals surface area contributed by atoms with Gasteiger partial charge in [-0.1, -0.05) is 28.1 Å². The molecule has 1 aromatic rings. The molecule has 1 unspecified atom stereocenters. The first-order chi connectivity index (χ1) is 7.59. The summed E-state index contributed by atoms with van der Waals surface area (Å²) in [5.41, 5.74) is 1.05. The summed E-state index contributed by atoms with van der Waals surface area (Å²) >= 11 is 3.36. The molecule has 0 N–H and O–H groups in total. The Morgan fingerprint density at radius 1 is 1.25 bits per heavy atom. The van der Waals surface area contributed by atoms with Gasteiger partial charge in [-0.2, -0.15) is 0 Å². The average Bonchev–Trinajstić information content (AvgIpc) is 2.60. The quantitative estimate of drug-likeness (QED) is 0.781. The standard InChI is InChI=1S/C12H12BrNO2/c1-8(9-2-4-10(13)5-3-9)14-7-6-11(15)12(14)16/h2-5,8H,6-7H2,1H3. The van der Waals surface area contributed by atoms with Gasteiger partial charge in [0.25, 0.3) is 5.91 Å². The molecule has 16 heavy (non-hydrogen) atoms. The van der Waals surface area contributed by atoms with E-state index in [1.165, 1.54) is 0 Å². The number of amides is 1. The van der Waals surface area contributed by atoms with Crippen LogP contribution in [0.4, 0.5) is 0 Å². The minimum Gasteiger partial charge on any atom is -0.329 e. The maximum atomic E-state index is 11.6. The van der Waals surface area contributed by atoms with E-state index in [4.69, 9.17) is 0 Å². The van der Waals surface area contributed by atoms with Gasteiger partial charge in [-0.05, 0) is 24.6 Å². The van der Waals surface area contributed by atoms with E-state index >= 15 is 0 Å². The topological polar surface area (TPSA) is 37.4 Å². The maximum absolute atomic E-state index is 11.6. The summed E-state index contributed by atoms with van der Waals surface area (Å²) in [5, 5.41) is 0. The van der Waals surface area contributed by atoms with E-state index < -0.39 is 0 Å². The van der Waals surface area contributed by atoms with Crippen molar-refractivity contribution in [2.75, 3.05) is 6.54 Å². The Morgan fingerprint density at radius 2 is 1.88 bits per heavy atom. The number of likely N-dealkylation sites (tertiary alicyclic amines) is 1. The van der Waals surface area contributed by atoms with Crippen molar-refractivity contribution in [3.05, 3.63) is 34.3 Å². The molecule has 3 nitrogen and oxygen atoms in total. The molecule has 1 saturated heterocycles. The second kappa shape index (κ2) is 4.37. The number of carbonyl (C=O) groups excluding carboxylic acids is 2. The molecule has 1 fully saturated rings. The fourth-order valence-corrected chi connectivity index (χ4v) is 2.15. The summed E-state index contributed by atoms with van der Waals surface area (Å²) in [6.07, 6.45) is 0.347. The summed E-state index contributed by atoms with van der Waals surface area (Å²) in [7, 11) is 0. The lowest BCUT2D eigenvalue weighted by Gasteiger charge is -2.23. The lowest BCUT2D eigenvalue weighted by molar-refractivity contribution is -0.141. The molecule has 1 amide bonds. The second-order valence-corrected chi connectivity index (χ2v) is 4.81. The van der Waals surface area contributed by atoms with Crippen LogP contribution in [0.25, 0.3) is 0 Å². The Labute approximate surface area is 103 Å². The summed E-state index contributed by atoms with van der Waals surface area (Å²) in [5.74, 6) is -0.626. The van der Waals surface area contributed by atoms with Gasteiger partial charge in [-0.25, -0.2) is 0 Å². The molecule has 0 aromatic heterocycles. The molecule has 2 rings (SSSR count). The van der Waals surface area contributed by atoms with Crippen molar-refractivity contribution in [2.45, 2.75) is 19.4 Å². The van der Waals surface area contributed by atoms with Crippen molar-refractivity contribution < 1.29 is 9.59 Å². The Balaban J connectivity index is 2.19. The fourth-order valence-electron chi connectivity index (χ4n) is 1.88. The van der Waals surface area contributed by atoms with Crippen molar-refractivity contribution >= 4 is 27.6 Å². The number of nitrogens with zero attached hydrogens (tertiary/aromatic N) is 1. The Hall–Kier alpha value is -1.16. The second-order valence-electron chi connectivity index (χ2n) is 3.90. The molecular formula is C12H12BrNO2. The molecule has 1 aromatic carbocycles. The predicted octanol–water partition coefficient (Wildman–Crippen LogP) is 2.31. The number of ketones is 1.